The van der Waals surface area contributed by atoms with E-state index in [1.807, 2.05) is 24.3 Å². The third kappa shape index (κ3) is 11.4. The molecule has 5 N–H and O–H groups in total. The van der Waals surface area contributed by atoms with Gasteiger partial charge in [0.15, 0.2) is 0 Å². The first kappa shape index (κ1) is 21.8. The van der Waals surface area contributed by atoms with Gasteiger partial charge in [-0.15, -0.1) is 0 Å². The molecule has 0 aromatic heterocycles. The monoisotopic (exact) mass is 345 g/mol. The number of carbonyl (C=O) groups is 2. The van der Waals surface area contributed by atoms with E-state index in [4.69, 9.17) is 34.4 Å². The Morgan fingerprint density at radius 3 is 2.21 bits per heavy atom. The molecule has 0 aliphatic heterocycles. The van der Waals surface area contributed by atoms with Gasteiger partial charge in [0.25, 0.3) is 0 Å². The van der Waals surface area contributed by atoms with Gasteiger partial charge in [-0.05, 0) is 17.7 Å². The number of benzene rings is 1. The molecule has 9 heteroatoms. The van der Waals surface area contributed by atoms with Gasteiger partial charge in [-0.3, -0.25) is 0 Å². The van der Waals surface area contributed by atoms with Crippen LogP contribution in [0.3, 0.4) is 0 Å². The Morgan fingerprint density at radius 2 is 1.75 bits per heavy atom. The maximum absolute atomic E-state index is 9.55. The minimum Gasteiger partial charge on any atom is -0.497 e. The summed E-state index contributed by atoms with van der Waals surface area (Å²) in [4.78, 5) is 18.2. The number of carboxylic acid groups (broad SMARTS) is 2. The van der Waals surface area contributed by atoms with Gasteiger partial charge >= 0.3 is 11.9 Å². The number of hydrogen-bond donors (Lipinski definition) is 5. The van der Waals surface area contributed by atoms with E-state index >= 15 is 0 Å². The van der Waals surface area contributed by atoms with Crippen LogP contribution in [0.25, 0.3) is 0 Å². The number of methoxy groups -OCH3 is 1. The lowest BCUT2D eigenvalue weighted by atomic mass is 10.2. The smallest absolute Gasteiger partial charge is 0.414 e. The van der Waals surface area contributed by atoms with Crippen molar-refractivity contribution in [1.29, 1.82) is 0 Å². The predicted octanol–water partition coefficient (Wildman–Crippen LogP) is -0.690. The van der Waals surface area contributed by atoms with Crippen molar-refractivity contribution in [1.82, 2.24) is 5.32 Å². The Bertz CT molecular complexity index is 465. The Morgan fingerprint density at radius 1 is 1.17 bits per heavy atom. The summed E-state index contributed by atoms with van der Waals surface area (Å²) in [6, 6.07) is 7.60. The Hall–Kier alpha value is -2.20. The second-order valence-corrected chi connectivity index (χ2v) is 4.56. The van der Waals surface area contributed by atoms with Gasteiger partial charge in [0.05, 0.1) is 33.0 Å². The number of nitrogens with one attached hydrogen (secondary N) is 1. The van der Waals surface area contributed by atoms with Crippen LogP contribution in [0.2, 0.25) is 0 Å². The molecule has 24 heavy (non-hydrogen) atoms. The number of aliphatic hydroxyl groups excluding tert-OH is 2. The molecule has 0 saturated heterocycles. The van der Waals surface area contributed by atoms with Crippen molar-refractivity contribution in [2.75, 3.05) is 33.4 Å². The molecule has 1 aromatic carbocycles. The highest BCUT2D eigenvalue weighted by atomic mass is 16.5. The summed E-state index contributed by atoms with van der Waals surface area (Å²) < 4.78 is 10.4. The van der Waals surface area contributed by atoms with Gasteiger partial charge in [0.1, 0.15) is 5.75 Å². The fourth-order valence-electron chi connectivity index (χ4n) is 1.44. The summed E-state index contributed by atoms with van der Waals surface area (Å²) in [6.07, 6.45) is -0.560. The zero-order valence-electron chi connectivity index (χ0n) is 13.3. The molecule has 0 spiro atoms. The number of rotatable bonds is 9. The van der Waals surface area contributed by atoms with Crippen LogP contribution < -0.4 is 10.1 Å². The first-order chi connectivity index (χ1) is 11.4. The van der Waals surface area contributed by atoms with Gasteiger partial charge in [0.2, 0.25) is 0 Å². The molecule has 0 heterocycles. The van der Waals surface area contributed by atoms with Crippen LogP contribution in [-0.4, -0.2) is 71.9 Å². The molecule has 1 aromatic rings. The highest BCUT2D eigenvalue weighted by Crippen LogP contribution is 2.11. The third-order valence-electron chi connectivity index (χ3n) is 2.59. The number of hydrogen-bond acceptors (Lipinski definition) is 7. The molecule has 0 bridgehead atoms. The Balaban J connectivity index is 0.000000754. The molecule has 0 radical (unpaired) electrons. The molecule has 136 valence electrons. The maximum atomic E-state index is 9.55. The van der Waals surface area contributed by atoms with E-state index in [-0.39, 0.29) is 13.2 Å². The third-order valence-corrected chi connectivity index (χ3v) is 2.59. The van der Waals surface area contributed by atoms with Crippen LogP contribution >= 0.6 is 0 Å². The van der Waals surface area contributed by atoms with Gasteiger partial charge in [0, 0.05) is 13.1 Å². The fraction of sp³-hybridized carbons (Fsp3) is 0.467. The molecule has 0 saturated carbocycles. The van der Waals surface area contributed by atoms with Gasteiger partial charge < -0.3 is 35.2 Å². The van der Waals surface area contributed by atoms with E-state index in [1.54, 1.807) is 7.11 Å². The summed E-state index contributed by atoms with van der Waals surface area (Å²) in [5.74, 6) is -2.84. The second kappa shape index (κ2) is 13.3. The number of aliphatic carboxylic acids is 2. The average molecular weight is 345 g/mol. The van der Waals surface area contributed by atoms with E-state index in [1.165, 1.54) is 0 Å². The van der Waals surface area contributed by atoms with Crippen LogP contribution in [-0.2, 0) is 20.9 Å². The lowest BCUT2D eigenvalue weighted by Gasteiger charge is -2.12. The summed E-state index contributed by atoms with van der Waals surface area (Å²) in [5, 5.41) is 35.8. The lowest BCUT2D eigenvalue weighted by molar-refractivity contribution is -0.159. The van der Waals surface area contributed by atoms with E-state index < -0.39 is 18.0 Å². The Kier molecular flexibility index (Phi) is 12.0. The minimum absolute atomic E-state index is 0.0689. The molecule has 1 unspecified atom stereocenters. The molecule has 0 aliphatic carbocycles. The molecule has 0 aliphatic rings. The second-order valence-electron chi connectivity index (χ2n) is 4.56. The normalized spacial score (nSPS) is 11.1. The minimum atomic E-state index is -1.82. The van der Waals surface area contributed by atoms with Crippen molar-refractivity contribution in [2.24, 2.45) is 0 Å². The molecule has 1 rings (SSSR count). The van der Waals surface area contributed by atoms with Crippen LogP contribution in [0.1, 0.15) is 5.56 Å². The molecule has 1 atom stereocenters. The van der Waals surface area contributed by atoms with Crippen LogP contribution in [0.4, 0.5) is 0 Å². The highest BCUT2D eigenvalue weighted by molar-refractivity contribution is 6.27. The zero-order valence-corrected chi connectivity index (χ0v) is 13.3. The maximum Gasteiger partial charge on any atom is 0.414 e. The van der Waals surface area contributed by atoms with Gasteiger partial charge in [-0.2, -0.15) is 0 Å². The van der Waals surface area contributed by atoms with Crippen LogP contribution in [0.5, 0.6) is 5.75 Å². The largest absolute Gasteiger partial charge is 0.497 e. The quantitative estimate of drug-likeness (QED) is 0.290. The molecule has 0 amide bonds. The van der Waals surface area contributed by atoms with Gasteiger partial charge in [-0.25, -0.2) is 9.59 Å². The van der Waals surface area contributed by atoms with Crippen molar-refractivity contribution in [3.63, 3.8) is 0 Å². The average Bonchev–Trinajstić information content (AvgIpc) is 2.56. The number of carboxylic acids is 2. The fourth-order valence-corrected chi connectivity index (χ4v) is 1.44. The van der Waals surface area contributed by atoms with Crippen LogP contribution in [0.15, 0.2) is 24.3 Å². The molecular weight excluding hydrogens is 322 g/mol. The van der Waals surface area contributed by atoms with E-state index in [9.17, 15) is 5.11 Å². The zero-order chi connectivity index (χ0) is 18.4. The summed E-state index contributed by atoms with van der Waals surface area (Å²) in [7, 11) is 1.63. The number of aliphatic hydroxyl groups is 2. The van der Waals surface area contributed by atoms with Crippen molar-refractivity contribution in [3.8, 4) is 5.75 Å². The van der Waals surface area contributed by atoms with Crippen molar-refractivity contribution >= 4 is 11.9 Å². The summed E-state index contributed by atoms with van der Waals surface area (Å²) >= 11 is 0. The number of ether oxygens (including phenoxy) is 2. The first-order valence-electron chi connectivity index (χ1n) is 7.07. The summed E-state index contributed by atoms with van der Waals surface area (Å²) in [5.41, 5.74) is 1.03. The van der Waals surface area contributed by atoms with E-state index in [2.05, 4.69) is 5.32 Å². The van der Waals surface area contributed by atoms with E-state index in [0.717, 1.165) is 11.3 Å². The van der Waals surface area contributed by atoms with E-state index in [0.29, 0.717) is 19.7 Å². The van der Waals surface area contributed by atoms with Gasteiger partial charge in [-0.1, -0.05) is 12.1 Å². The van der Waals surface area contributed by atoms with Crippen molar-refractivity contribution in [2.45, 2.75) is 12.7 Å². The van der Waals surface area contributed by atoms with Crippen LogP contribution in [0, 0.1) is 0 Å². The molecule has 0 fully saturated rings. The predicted molar refractivity (Wildman–Crippen MR) is 83.9 cm³/mol. The first-order valence-corrected chi connectivity index (χ1v) is 7.07. The Labute approximate surface area is 139 Å². The van der Waals surface area contributed by atoms with Crippen molar-refractivity contribution < 1.29 is 39.5 Å². The topological polar surface area (TPSA) is 146 Å². The lowest BCUT2D eigenvalue weighted by Crippen LogP contribution is -2.32. The molecule has 9 nitrogen and oxygen atoms in total. The summed E-state index contributed by atoms with van der Waals surface area (Å²) in [6.45, 7) is 1.70. The highest BCUT2D eigenvalue weighted by Gasteiger charge is 2.04. The standard InChI is InChI=1S/C13H21NO4.C2H2O4/c1-17-13-4-2-11(3-5-13)9-18-10-12(16)8-14-6-7-15;3-1(4)2(5)6/h2-5,12,14-16H,6-10H2,1H3;(H,3,4)(H,5,6). The van der Waals surface area contributed by atoms with Crippen molar-refractivity contribution in [3.05, 3.63) is 29.8 Å². The molecular formula is C15H23NO8. The SMILES string of the molecule is COc1ccc(COCC(O)CNCCO)cc1.O=C(O)C(=O)O.